The zero-order valence-corrected chi connectivity index (χ0v) is 8.19. The molecule has 0 unspecified atom stereocenters. The Morgan fingerprint density at radius 3 is 2.67 bits per heavy atom. The minimum atomic E-state index is -2.98. The molecule has 0 atom stereocenters. The third-order valence-electron chi connectivity index (χ3n) is 1.60. The van der Waals surface area contributed by atoms with Crippen LogP contribution in [0.4, 0.5) is 13.2 Å². The van der Waals surface area contributed by atoms with Gasteiger partial charge in [0.1, 0.15) is 11.3 Å². The Morgan fingerprint density at radius 1 is 1.60 bits per heavy atom. The fraction of sp³-hybridized carbons (Fsp3) is 0.250. The highest BCUT2D eigenvalue weighted by Gasteiger charge is 2.24. The van der Waals surface area contributed by atoms with Crippen molar-refractivity contribution in [1.82, 2.24) is 4.98 Å². The summed E-state index contributed by atoms with van der Waals surface area (Å²) in [5, 5.41) is -0.725. The van der Waals surface area contributed by atoms with E-state index in [1.54, 1.807) is 0 Å². The molecule has 1 aromatic rings. The van der Waals surface area contributed by atoms with Gasteiger partial charge < -0.3 is 4.74 Å². The van der Waals surface area contributed by atoms with E-state index < -0.39 is 34.5 Å². The first kappa shape index (κ1) is 11.8. The molecule has 0 radical (unpaired) electrons. The summed E-state index contributed by atoms with van der Waals surface area (Å²) in [4.78, 5) is 14.1. The number of methoxy groups -OCH3 is 1. The largest absolute Gasteiger partial charge is 0.465 e. The van der Waals surface area contributed by atoms with Crippen LogP contribution in [0.3, 0.4) is 0 Å². The molecule has 0 saturated heterocycles. The maximum atomic E-state index is 13.0. The zero-order chi connectivity index (χ0) is 11.6. The molecule has 0 fully saturated rings. The lowest BCUT2D eigenvalue weighted by atomic mass is 10.2. The van der Waals surface area contributed by atoms with Crippen LogP contribution < -0.4 is 0 Å². The lowest BCUT2D eigenvalue weighted by molar-refractivity contribution is 0.0594. The fourth-order valence-corrected chi connectivity index (χ4v) is 1.22. The molecule has 0 saturated carbocycles. The van der Waals surface area contributed by atoms with Crippen LogP contribution in [0.2, 0.25) is 5.02 Å². The summed E-state index contributed by atoms with van der Waals surface area (Å²) in [6, 6.07) is 0. The van der Waals surface area contributed by atoms with E-state index in [2.05, 4.69) is 9.72 Å². The zero-order valence-electron chi connectivity index (χ0n) is 7.43. The molecule has 0 aliphatic heterocycles. The third-order valence-corrected chi connectivity index (χ3v) is 1.98. The van der Waals surface area contributed by atoms with Crippen molar-refractivity contribution in [3.05, 3.63) is 28.3 Å². The van der Waals surface area contributed by atoms with Gasteiger partial charge in [0.05, 0.1) is 18.3 Å². The standard InChI is InChI=1S/C8H5ClF3NO2/c1-15-8(14)4-3(10)2-13-6(5(4)9)7(11)12/h2,7H,1H3. The molecular weight excluding hydrogens is 235 g/mol. The summed E-state index contributed by atoms with van der Waals surface area (Å²) in [5.41, 5.74) is -1.58. The average Bonchev–Trinajstić information content (AvgIpc) is 2.16. The monoisotopic (exact) mass is 239 g/mol. The quantitative estimate of drug-likeness (QED) is 0.745. The van der Waals surface area contributed by atoms with Crippen molar-refractivity contribution in [2.24, 2.45) is 0 Å². The van der Waals surface area contributed by atoms with E-state index in [1.165, 1.54) is 0 Å². The Balaban J connectivity index is 3.36. The molecule has 0 aromatic carbocycles. The molecule has 3 nitrogen and oxygen atoms in total. The van der Waals surface area contributed by atoms with Gasteiger partial charge >= 0.3 is 5.97 Å². The number of carbonyl (C=O) groups excluding carboxylic acids is 1. The van der Waals surface area contributed by atoms with E-state index in [-0.39, 0.29) is 0 Å². The van der Waals surface area contributed by atoms with E-state index in [0.29, 0.717) is 6.20 Å². The average molecular weight is 240 g/mol. The topological polar surface area (TPSA) is 39.2 Å². The number of esters is 1. The van der Waals surface area contributed by atoms with Gasteiger partial charge in [0.25, 0.3) is 6.43 Å². The van der Waals surface area contributed by atoms with Gasteiger partial charge in [-0.15, -0.1) is 0 Å². The van der Waals surface area contributed by atoms with E-state index >= 15 is 0 Å². The van der Waals surface area contributed by atoms with Crippen LogP contribution in [0, 0.1) is 5.82 Å². The Bertz CT molecular complexity index is 398. The Kier molecular flexibility index (Phi) is 3.52. The molecular formula is C8H5ClF3NO2. The lowest BCUT2D eigenvalue weighted by Crippen LogP contribution is -2.08. The van der Waals surface area contributed by atoms with Crippen molar-refractivity contribution in [1.29, 1.82) is 0 Å². The number of alkyl halides is 2. The smallest absolute Gasteiger partial charge is 0.342 e. The second kappa shape index (κ2) is 4.48. The van der Waals surface area contributed by atoms with E-state index in [4.69, 9.17) is 11.6 Å². The SMILES string of the molecule is COC(=O)c1c(F)cnc(C(F)F)c1Cl. The van der Waals surface area contributed by atoms with Gasteiger partial charge in [0.15, 0.2) is 5.82 Å². The normalized spacial score (nSPS) is 10.5. The first-order valence-electron chi connectivity index (χ1n) is 3.69. The van der Waals surface area contributed by atoms with E-state index in [9.17, 15) is 18.0 Å². The maximum Gasteiger partial charge on any atom is 0.342 e. The summed E-state index contributed by atoms with van der Waals surface area (Å²) < 4.78 is 41.8. The molecule has 0 spiro atoms. The molecule has 7 heteroatoms. The van der Waals surface area contributed by atoms with Crippen molar-refractivity contribution in [2.45, 2.75) is 6.43 Å². The Morgan fingerprint density at radius 2 is 2.20 bits per heavy atom. The number of pyridine rings is 1. The molecule has 1 heterocycles. The molecule has 0 amide bonds. The molecule has 0 aliphatic rings. The fourth-order valence-electron chi connectivity index (χ4n) is 0.922. The molecule has 1 aromatic heterocycles. The van der Waals surface area contributed by atoms with Crippen molar-refractivity contribution in [2.75, 3.05) is 7.11 Å². The highest BCUT2D eigenvalue weighted by atomic mass is 35.5. The summed E-state index contributed by atoms with van der Waals surface area (Å²) in [7, 11) is 0.987. The van der Waals surface area contributed by atoms with Crippen LogP contribution in [0.25, 0.3) is 0 Å². The van der Waals surface area contributed by atoms with Crippen molar-refractivity contribution in [3.8, 4) is 0 Å². The van der Waals surface area contributed by atoms with Crippen LogP contribution in [0.5, 0.6) is 0 Å². The van der Waals surface area contributed by atoms with Gasteiger partial charge in [0, 0.05) is 0 Å². The summed E-state index contributed by atoms with van der Waals surface area (Å²) >= 11 is 5.40. The third kappa shape index (κ3) is 2.20. The van der Waals surface area contributed by atoms with Crippen molar-refractivity contribution < 1.29 is 22.7 Å². The van der Waals surface area contributed by atoms with Gasteiger partial charge in [0.2, 0.25) is 0 Å². The molecule has 82 valence electrons. The summed E-state index contributed by atoms with van der Waals surface area (Å²) in [6.45, 7) is 0. The molecule has 15 heavy (non-hydrogen) atoms. The van der Waals surface area contributed by atoms with E-state index in [1.807, 2.05) is 0 Å². The Hall–Kier alpha value is -1.30. The first-order chi connectivity index (χ1) is 6.99. The molecule has 0 aliphatic carbocycles. The predicted molar refractivity (Wildman–Crippen MR) is 45.5 cm³/mol. The number of rotatable bonds is 2. The lowest BCUT2D eigenvalue weighted by Gasteiger charge is -2.07. The van der Waals surface area contributed by atoms with Crippen LogP contribution in [0.1, 0.15) is 22.5 Å². The number of hydrogen-bond donors (Lipinski definition) is 0. The Labute approximate surface area is 87.8 Å². The second-order valence-corrected chi connectivity index (χ2v) is 2.85. The maximum absolute atomic E-state index is 13.0. The van der Waals surface area contributed by atoms with Gasteiger partial charge in [-0.1, -0.05) is 11.6 Å². The highest BCUT2D eigenvalue weighted by molar-refractivity contribution is 6.34. The van der Waals surface area contributed by atoms with Crippen LogP contribution >= 0.6 is 11.6 Å². The van der Waals surface area contributed by atoms with Gasteiger partial charge in [-0.3, -0.25) is 4.98 Å². The predicted octanol–water partition coefficient (Wildman–Crippen LogP) is 2.60. The minimum Gasteiger partial charge on any atom is -0.465 e. The second-order valence-electron chi connectivity index (χ2n) is 2.47. The van der Waals surface area contributed by atoms with Crippen LogP contribution in [0.15, 0.2) is 6.20 Å². The number of ether oxygens (including phenoxy) is 1. The highest BCUT2D eigenvalue weighted by Crippen LogP contribution is 2.29. The number of halogens is 4. The van der Waals surface area contributed by atoms with Gasteiger partial charge in [-0.25, -0.2) is 18.0 Å². The first-order valence-corrected chi connectivity index (χ1v) is 4.07. The van der Waals surface area contributed by atoms with Gasteiger partial charge in [-0.2, -0.15) is 0 Å². The summed E-state index contributed by atoms with van der Waals surface area (Å²) in [6.07, 6.45) is -2.49. The van der Waals surface area contributed by atoms with Crippen LogP contribution in [-0.4, -0.2) is 18.1 Å². The van der Waals surface area contributed by atoms with Crippen molar-refractivity contribution >= 4 is 17.6 Å². The van der Waals surface area contributed by atoms with Crippen LogP contribution in [-0.2, 0) is 4.74 Å². The molecule has 0 bridgehead atoms. The number of aromatic nitrogens is 1. The molecule has 1 rings (SSSR count). The van der Waals surface area contributed by atoms with E-state index in [0.717, 1.165) is 7.11 Å². The summed E-state index contributed by atoms with van der Waals surface area (Å²) in [5.74, 6) is -2.22. The number of nitrogens with zero attached hydrogens (tertiary/aromatic N) is 1. The number of hydrogen-bond acceptors (Lipinski definition) is 3. The minimum absolute atomic E-state index is 0.500. The van der Waals surface area contributed by atoms with Gasteiger partial charge in [-0.05, 0) is 0 Å². The molecule has 0 N–H and O–H groups in total. The van der Waals surface area contributed by atoms with Crippen molar-refractivity contribution in [3.63, 3.8) is 0 Å². The number of carbonyl (C=O) groups is 1.